The second kappa shape index (κ2) is 10.6. The Hall–Kier alpha value is -3.26. The predicted octanol–water partition coefficient (Wildman–Crippen LogP) is 3.93. The lowest BCUT2D eigenvalue weighted by atomic mass is 10.0. The molecule has 33 heavy (non-hydrogen) atoms. The molecule has 8 nitrogen and oxygen atoms in total. The maximum Gasteiger partial charge on any atom is 0.258 e. The van der Waals surface area contributed by atoms with Crippen molar-refractivity contribution in [2.24, 2.45) is 11.7 Å². The summed E-state index contributed by atoms with van der Waals surface area (Å²) in [6.45, 7) is 10.2. The Kier molecular flexibility index (Phi) is 7.81. The maximum absolute atomic E-state index is 10.9. The normalized spacial score (nSPS) is 12.2. The average molecular weight is 453 g/mol. The minimum atomic E-state index is -0.764. The Morgan fingerprint density at radius 2 is 1.79 bits per heavy atom. The first-order valence-corrected chi connectivity index (χ1v) is 11.1. The highest BCUT2D eigenvalue weighted by atomic mass is 16.5. The summed E-state index contributed by atoms with van der Waals surface area (Å²) >= 11 is 0. The number of hydrogen-bond donors (Lipinski definition) is 2. The Morgan fingerprint density at radius 1 is 1.09 bits per heavy atom. The molecule has 2 heterocycles. The molecular weight excluding hydrogens is 420 g/mol. The number of rotatable bonds is 10. The maximum atomic E-state index is 10.9. The number of ether oxygens (including phenoxy) is 1. The van der Waals surface area contributed by atoms with Gasteiger partial charge < -0.3 is 20.1 Å². The van der Waals surface area contributed by atoms with E-state index in [4.69, 9.17) is 15.0 Å². The molecule has 176 valence electrons. The third-order valence-corrected chi connectivity index (χ3v) is 5.16. The van der Waals surface area contributed by atoms with Crippen molar-refractivity contribution in [3.05, 3.63) is 46.8 Å². The summed E-state index contributed by atoms with van der Waals surface area (Å²) in [6.07, 6.45) is 0.509. The van der Waals surface area contributed by atoms with Gasteiger partial charge in [-0.3, -0.25) is 9.78 Å². The number of aromatic nitrogens is 3. The highest BCUT2D eigenvalue weighted by Gasteiger charge is 2.16. The lowest BCUT2D eigenvalue weighted by Gasteiger charge is -2.16. The average Bonchev–Trinajstić information content (AvgIpc) is 3.21. The standard InChI is InChI=1S/C25H32N4O4/c1-14(2)8-20-12-19(11-17(5)27-20)25-28-24(29-33-25)18-9-15(3)23(16(4)10-18)32-13-21(30)6-7-22(26)31/h9-12,14,21,30H,6-8,13H2,1-5H3,(H2,26,31)/t21-/m1/s1. The van der Waals surface area contributed by atoms with E-state index in [0.29, 0.717) is 23.4 Å². The zero-order valence-corrected chi connectivity index (χ0v) is 19.9. The van der Waals surface area contributed by atoms with Crippen molar-refractivity contribution in [2.45, 2.75) is 60.0 Å². The first-order chi connectivity index (χ1) is 15.6. The van der Waals surface area contributed by atoms with E-state index in [2.05, 4.69) is 29.0 Å². The Balaban J connectivity index is 1.78. The van der Waals surface area contributed by atoms with E-state index < -0.39 is 12.0 Å². The van der Waals surface area contributed by atoms with Gasteiger partial charge in [-0.15, -0.1) is 0 Å². The molecule has 3 rings (SSSR count). The van der Waals surface area contributed by atoms with Crippen LogP contribution in [0.1, 0.15) is 49.2 Å². The number of aliphatic hydroxyl groups excluding tert-OH is 1. The number of nitrogens with two attached hydrogens (primary N) is 1. The van der Waals surface area contributed by atoms with Crippen molar-refractivity contribution < 1.29 is 19.2 Å². The Morgan fingerprint density at radius 3 is 2.42 bits per heavy atom. The number of pyridine rings is 1. The smallest absolute Gasteiger partial charge is 0.258 e. The molecule has 0 fully saturated rings. The van der Waals surface area contributed by atoms with Crippen molar-refractivity contribution in [2.75, 3.05) is 6.61 Å². The van der Waals surface area contributed by atoms with Gasteiger partial charge in [0.2, 0.25) is 11.7 Å². The van der Waals surface area contributed by atoms with Crippen LogP contribution in [0.15, 0.2) is 28.8 Å². The van der Waals surface area contributed by atoms with Gasteiger partial charge in [0.05, 0.1) is 6.10 Å². The van der Waals surface area contributed by atoms with E-state index in [0.717, 1.165) is 40.1 Å². The van der Waals surface area contributed by atoms with Gasteiger partial charge in [0.25, 0.3) is 5.89 Å². The van der Waals surface area contributed by atoms with E-state index in [9.17, 15) is 9.90 Å². The third kappa shape index (κ3) is 6.61. The van der Waals surface area contributed by atoms with E-state index in [-0.39, 0.29) is 19.4 Å². The quantitative estimate of drug-likeness (QED) is 0.477. The molecule has 0 radical (unpaired) electrons. The molecule has 0 unspecified atom stereocenters. The number of aryl methyl sites for hydroxylation is 3. The molecule has 3 aromatic rings. The monoisotopic (exact) mass is 452 g/mol. The van der Waals surface area contributed by atoms with Gasteiger partial charge in [0, 0.05) is 28.9 Å². The number of aliphatic hydroxyl groups is 1. The molecule has 8 heteroatoms. The summed E-state index contributed by atoms with van der Waals surface area (Å²) in [6, 6.07) is 7.79. The fraction of sp³-hybridized carbons (Fsp3) is 0.440. The van der Waals surface area contributed by atoms with Gasteiger partial charge in [-0.2, -0.15) is 4.98 Å². The van der Waals surface area contributed by atoms with Gasteiger partial charge in [-0.25, -0.2) is 0 Å². The number of amides is 1. The number of hydrogen-bond acceptors (Lipinski definition) is 7. The third-order valence-electron chi connectivity index (χ3n) is 5.16. The van der Waals surface area contributed by atoms with Crippen LogP contribution in [0.3, 0.4) is 0 Å². The van der Waals surface area contributed by atoms with E-state index in [1.54, 1.807) is 0 Å². The molecule has 0 aliphatic carbocycles. The van der Waals surface area contributed by atoms with Gasteiger partial charge in [-0.1, -0.05) is 19.0 Å². The van der Waals surface area contributed by atoms with E-state index in [1.807, 2.05) is 45.0 Å². The van der Waals surface area contributed by atoms with Gasteiger partial charge in [-0.05, 0) is 74.9 Å². The minimum absolute atomic E-state index is 0.0841. The van der Waals surface area contributed by atoms with Crippen molar-refractivity contribution in [1.29, 1.82) is 0 Å². The highest BCUT2D eigenvalue weighted by molar-refractivity contribution is 5.73. The molecule has 1 amide bonds. The zero-order chi connectivity index (χ0) is 24.1. The SMILES string of the molecule is Cc1cc(-c2nc(-c3cc(C)c(OC[C@H](O)CCC(N)=O)c(C)c3)no2)cc(CC(C)C)n1. The van der Waals surface area contributed by atoms with Crippen molar-refractivity contribution in [1.82, 2.24) is 15.1 Å². The fourth-order valence-corrected chi connectivity index (χ4v) is 3.72. The summed E-state index contributed by atoms with van der Waals surface area (Å²) in [4.78, 5) is 20.1. The number of carbonyl (C=O) groups excluding carboxylic acids is 1. The Labute approximate surface area is 194 Å². The fourth-order valence-electron chi connectivity index (χ4n) is 3.72. The predicted molar refractivity (Wildman–Crippen MR) is 126 cm³/mol. The Bertz CT molecular complexity index is 1100. The lowest BCUT2D eigenvalue weighted by molar-refractivity contribution is -0.118. The molecular formula is C25H32N4O4. The number of nitrogens with zero attached hydrogens (tertiary/aromatic N) is 3. The number of benzene rings is 1. The molecule has 0 saturated heterocycles. The van der Waals surface area contributed by atoms with Crippen LogP contribution in [0, 0.1) is 26.7 Å². The zero-order valence-electron chi connectivity index (χ0n) is 19.9. The van der Waals surface area contributed by atoms with Gasteiger partial charge >= 0.3 is 0 Å². The van der Waals surface area contributed by atoms with Crippen molar-refractivity contribution >= 4 is 5.91 Å². The molecule has 1 atom stereocenters. The second-order valence-corrected chi connectivity index (χ2v) is 8.92. The molecule has 0 bridgehead atoms. The minimum Gasteiger partial charge on any atom is -0.490 e. The van der Waals surface area contributed by atoms with Crippen molar-refractivity contribution in [3.63, 3.8) is 0 Å². The van der Waals surface area contributed by atoms with Gasteiger partial charge in [0.15, 0.2) is 0 Å². The van der Waals surface area contributed by atoms with Crippen LogP contribution in [-0.2, 0) is 11.2 Å². The van der Waals surface area contributed by atoms with Crippen molar-refractivity contribution in [3.8, 4) is 28.6 Å². The van der Waals surface area contributed by atoms with Crippen LogP contribution >= 0.6 is 0 Å². The first kappa shape index (κ1) is 24.4. The summed E-state index contributed by atoms with van der Waals surface area (Å²) in [5.41, 5.74) is 10.5. The highest BCUT2D eigenvalue weighted by Crippen LogP contribution is 2.30. The van der Waals surface area contributed by atoms with Crippen LogP contribution in [0.4, 0.5) is 0 Å². The summed E-state index contributed by atoms with van der Waals surface area (Å²) in [7, 11) is 0. The van der Waals surface area contributed by atoms with Crippen LogP contribution in [0.5, 0.6) is 5.75 Å². The lowest BCUT2D eigenvalue weighted by Crippen LogP contribution is -2.21. The van der Waals surface area contributed by atoms with E-state index in [1.165, 1.54) is 0 Å². The number of primary amides is 1. The van der Waals surface area contributed by atoms with Crippen LogP contribution in [-0.4, -0.2) is 38.8 Å². The molecule has 0 spiro atoms. The van der Waals surface area contributed by atoms with Crippen LogP contribution in [0.2, 0.25) is 0 Å². The second-order valence-electron chi connectivity index (χ2n) is 8.92. The number of carbonyl (C=O) groups is 1. The topological polar surface area (TPSA) is 124 Å². The largest absolute Gasteiger partial charge is 0.490 e. The van der Waals surface area contributed by atoms with E-state index >= 15 is 0 Å². The van der Waals surface area contributed by atoms with Gasteiger partial charge in [0.1, 0.15) is 12.4 Å². The van der Waals surface area contributed by atoms with Crippen LogP contribution < -0.4 is 10.5 Å². The molecule has 3 N–H and O–H groups in total. The molecule has 1 aromatic carbocycles. The molecule has 2 aromatic heterocycles. The van der Waals surface area contributed by atoms with Crippen LogP contribution in [0.25, 0.3) is 22.8 Å². The molecule has 0 saturated carbocycles. The first-order valence-electron chi connectivity index (χ1n) is 11.1. The summed E-state index contributed by atoms with van der Waals surface area (Å²) in [5.74, 6) is 1.69. The molecule has 0 aliphatic rings. The summed E-state index contributed by atoms with van der Waals surface area (Å²) < 4.78 is 11.4. The molecule has 0 aliphatic heterocycles. The summed E-state index contributed by atoms with van der Waals surface area (Å²) in [5, 5.41) is 14.2.